The molecule has 4 aromatic rings. The Labute approximate surface area is 217 Å². The van der Waals surface area contributed by atoms with Gasteiger partial charge in [0, 0.05) is 42.0 Å². The van der Waals surface area contributed by atoms with Crippen LogP contribution in [-0.4, -0.2) is 45.1 Å². The van der Waals surface area contributed by atoms with Crippen LogP contribution in [-0.2, 0) is 17.1 Å². The molecule has 3 aromatic carbocycles. The number of amides is 1. The van der Waals surface area contributed by atoms with Gasteiger partial charge in [0.2, 0.25) is 5.75 Å². The summed E-state index contributed by atoms with van der Waals surface area (Å²) >= 11 is 0. The van der Waals surface area contributed by atoms with Crippen LogP contribution in [0.4, 0.5) is 17.1 Å². The SMILES string of the molecule is COc1cc(Nc2ccc([N+](=O)[O-])c3c2cc(C(=O)NS(=O)(=O)c2ccccc2)n3C)cc(OC)c1OC. The van der Waals surface area contributed by atoms with Crippen LogP contribution >= 0.6 is 0 Å². The number of nitro benzene ring substituents is 1. The Hall–Kier alpha value is -4.78. The molecule has 0 aliphatic carbocycles. The van der Waals surface area contributed by atoms with Crippen LogP contribution in [0.25, 0.3) is 10.9 Å². The summed E-state index contributed by atoms with van der Waals surface area (Å²) in [6.07, 6.45) is 0. The number of carbonyl (C=O) groups excluding carboxylic acids is 1. The Morgan fingerprint density at radius 1 is 0.947 bits per heavy atom. The molecule has 1 aromatic heterocycles. The van der Waals surface area contributed by atoms with Gasteiger partial charge in [0.1, 0.15) is 11.2 Å². The summed E-state index contributed by atoms with van der Waals surface area (Å²) in [5, 5.41) is 15.3. The molecule has 0 radical (unpaired) electrons. The molecule has 0 atom stereocenters. The van der Waals surface area contributed by atoms with Crippen molar-refractivity contribution in [1.82, 2.24) is 9.29 Å². The number of ether oxygens (including phenoxy) is 3. The first-order valence-electron chi connectivity index (χ1n) is 11.1. The third-order valence-electron chi connectivity index (χ3n) is 5.83. The van der Waals surface area contributed by atoms with Crippen molar-refractivity contribution in [3.8, 4) is 17.2 Å². The zero-order valence-electron chi connectivity index (χ0n) is 20.8. The van der Waals surface area contributed by atoms with E-state index in [1.165, 1.54) is 75.4 Å². The van der Waals surface area contributed by atoms with Crippen molar-refractivity contribution in [2.75, 3.05) is 26.6 Å². The second kappa shape index (κ2) is 10.3. The lowest BCUT2D eigenvalue weighted by atomic mass is 10.1. The summed E-state index contributed by atoms with van der Waals surface area (Å²) < 4.78 is 44.8. The minimum Gasteiger partial charge on any atom is -0.493 e. The largest absolute Gasteiger partial charge is 0.493 e. The minimum atomic E-state index is -4.17. The van der Waals surface area contributed by atoms with Crippen molar-refractivity contribution < 1.29 is 32.3 Å². The van der Waals surface area contributed by atoms with Crippen LogP contribution in [0.3, 0.4) is 0 Å². The van der Waals surface area contributed by atoms with E-state index in [1.807, 2.05) is 4.72 Å². The molecular formula is C25H24N4O8S. The quantitative estimate of drug-likeness (QED) is 0.237. The Bertz CT molecular complexity index is 1620. The lowest BCUT2D eigenvalue weighted by Crippen LogP contribution is -2.31. The molecule has 4 rings (SSSR count). The van der Waals surface area contributed by atoms with Crippen LogP contribution in [0.1, 0.15) is 10.5 Å². The molecule has 0 spiro atoms. The molecule has 0 saturated carbocycles. The lowest BCUT2D eigenvalue weighted by Gasteiger charge is -2.15. The monoisotopic (exact) mass is 540 g/mol. The van der Waals surface area contributed by atoms with Gasteiger partial charge in [-0.2, -0.15) is 0 Å². The van der Waals surface area contributed by atoms with E-state index in [-0.39, 0.29) is 21.8 Å². The van der Waals surface area contributed by atoms with Crippen molar-refractivity contribution in [3.05, 3.63) is 76.5 Å². The van der Waals surface area contributed by atoms with E-state index in [1.54, 1.807) is 18.2 Å². The molecule has 2 N–H and O–H groups in total. The number of benzene rings is 3. The Morgan fingerprint density at radius 2 is 1.58 bits per heavy atom. The molecule has 0 aliphatic rings. The van der Waals surface area contributed by atoms with Crippen molar-refractivity contribution in [2.45, 2.75) is 4.90 Å². The second-order valence-corrected chi connectivity index (χ2v) is 9.71. The van der Waals surface area contributed by atoms with Gasteiger partial charge in [-0.05, 0) is 24.3 Å². The van der Waals surface area contributed by atoms with E-state index in [0.29, 0.717) is 34.0 Å². The standard InChI is InChI=1S/C25H24N4O8S/c1-28-20(25(30)27-38(33,34)16-8-6-5-7-9-16)14-17-18(10-11-19(23(17)28)29(31)32)26-15-12-21(35-2)24(37-4)22(13-15)36-3/h5-14,26H,1-4H3,(H,27,30). The fourth-order valence-corrected chi connectivity index (χ4v) is 5.05. The smallest absolute Gasteiger partial charge is 0.293 e. The summed E-state index contributed by atoms with van der Waals surface area (Å²) in [5.41, 5.74) is 0.691. The predicted octanol–water partition coefficient (Wildman–Crippen LogP) is 3.97. The van der Waals surface area contributed by atoms with Crippen molar-refractivity contribution >= 4 is 43.9 Å². The number of rotatable bonds is 9. The average molecular weight is 541 g/mol. The number of carbonyl (C=O) groups is 1. The van der Waals surface area contributed by atoms with Crippen LogP contribution in [0.2, 0.25) is 0 Å². The third kappa shape index (κ3) is 4.78. The summed E-state index contributed by atoms with van der Waals surface area (Å²) in [5.74, 6) is 0.201. The first-order valence-corrected chi connectivity index (χ1v) is 12.6. The van der Waals surface area contributed by atoms with Crippen molar-refractivity contribution in [1.29, 1.82) is 0 Å². The molecule has 0 aliphatic heterocycles. The highest BCUT2D eigenvalue weighted by molar-refractivity contribution is 7.90. The van der Waals surface area contributed by atoms with E-state index < -0.39 is 20.9 Å². The number of aromatic nitrogens is 1. The number of hydrogen-bond acceptors (Lipinski definition) is 9. The van der Waals surface area contributed by atoms with Gasteiger partial charge in [-0.3, -0.25) is 14.9 Å². The number of methoxy groups -OCH3 is 3. The Morgan fingerprint density at radius 3 is 2.13 bits per heavy atom. The van der Waals surface area contributed by atoms with Crippen LogP contribution < -0.4 is 24.2 Å². The molecular weight excluding hydrogens is 516 g/mol. The summed E-state index contributed by atoms with van der Waals surface area (Å²) in [6, 6.07) is 14.9. The maximum atomic E-state index is 13.1. The molecule has 0 saturated heterocycles. The average Bonchev–Trinajstić information content (AvgIpc) is 3.26. The first-order chi connectivity index (χ1) is 18.1. The van der Waals surface area contributed by atoms with Crippen LogP contribution in [0, 0.1) is 10.1 Å². The number of nitro groups is 1. The number of nitrogens with one attached hydrogen (secondary N) is 2. The van der Waals surface area contributed by atoms with Gasteiger partial charge in [0.15, 0.2) is 11.5 Å². The zero-order chi connectivity index (χ0) is 27.6. The van der Waals surface area contributed by atoms with Gasteiger partial charge < -0.3 is 24.1 Å². The normalized spacial score (nSPS) is 11.2. The molecule has 12 nitrogen and oxygen atoms in total. The molecule has 198 valence electrons. The van der Waals surface area contributed by atoms with E-state index in [4.69, 9.17) is 14.2 Å². The molecule has 0 bridgehead atoms. The number of fused-ring (bicyclic) bond motifs is 1. The van der Waals surface area contributed by atoms with Gasteiger partial charge in [0.25, 0.3) is 21.6 Å². The predicted molar refractivity (Wildman–Crippen MR) is 140 cm³/mol. The van der Waals surface area contributed by atoms with E-state index in [0.717, 1.165) is 0 Å². The molecule has 38 heavy (non-hydrogen) atoms. The second-order valence-electron chi connectivity index (χ2n) is 8.03. The van der Waals surface area contributed by atoms with Crippen molar-refractivity contribution in [3.63, 3.8) is 0 Å². The number of non-ortho nitro benzene ring substituents is 1. The first kappa shape index (κ1) is 26.3. The maximum absolute atomic E-state index is 13.1. The summed E-state index contributed by atoms with van der Waals surface area (Å²) in [4.78, 5) is 24.2. The highest BCUT2D eigenvalue weighted by atomic mass is 32.2. The molecule has 0 unspecified atom stereocenters. The number of hydrogen-bond donors (Lipinski definition) is 2. The molecule has 1 heterocycles. The topological polar surface area (TPSA) is 151 Å². The number of nitrogens with zero attached hydrogens (tertiary/aromatic N) is 2. The zero-order valence-corrected chi connectivity index (χ0v) is 21.7. The van der Waals surface area contributed by atoms with Gasteiger partial charge >= 0.3 is 0 Å². The molecule has 1 amide bonds. The van der Waals surface area contributed by atoms with Crippen LogP contribution in [0.15, 0.2) is 65.6 Å². The van der Waals surface area contributed by atoms with E-state index in [2.05, 4.69) is 5.32 Å². The molecule has 13 heteroatoms. The number of sulfonamides is 1. The lowest BCUT2D eigenvalue weighted by molar-refractivity contribution is -0.383. The summed E-state index contributed by atoms with van der Waals surface area (Å²) in [7, 11) is 1.69. The number of aryl methyl sites for hydroxylation is 1. The highest BCUT2D eigenvalue weighted by Crippen LogP contribution is 2.42. The maximum Gasteiger partial charge on any atom is 0.293 e. The highest BCUT2D eigenvalue weighted by Gasteiger charge is 2.26. The van der Waals surface area contributed by atoms with Crippen molar-refractivity contribution in [2.24, 2.45) is 7.05 Å². The molecule has 0 fully saturated rings. The van der Waals surface area contributed by atoms with E-state index >= 15 is 0 Å². The van der Waals surface area contributed by atoms with Gasteiger partial charge in [-0.25, -0.2) is 13.1 Å². The minimum absolute atomic E-state index is 0.0946. The van der Waals surface area contributed by atoms with Gasteiger partial charge in [0.05, 0.1) is 31.1 Å². The third-order valence-corrected chi connectivity index (χ3v) is 7.17. The fourth-order valence-electron chi connectivity index (χ4n) is 4.06. The Balaban J connectivity index is 1.81. The van der Waals surface area contributed by atoms with Gasteiger partial charge in [-0.15, -0.1) is 0 Å². The fraction of sp³-hybridized carbons (Fsp3) is 0.160. The Kier molecular flexibility index (Phi) is 7.12. The number of anilines is 2. The van der Waals surface area contributed by atoms with Crippen LogP contribution in [0.5, 0.6) is 17.2 Å². The van der Waals surface area contributed by atoms with Gasteiger partial charge in [-0.1, -0.05) is 18.2 Å². The van der Waals surface area contributed by atoms with E-state index in [9.17, 15) is 23.3 Å². The summed E-state index contributed by atoms with van der Waals surface area (Å²) in [6.45, 7) is 0.